The number of halogens is 1. The monoisotopic (exact) mass is 393 g/mol. The first-order valence-electron chi connectivity index (χ1n) is 7.62. The third-order valence-corrected chi connectivity index (χ3v) is 3.77. The van der Waals surface area contributed by atoms with E-state index in [9.17, 15) is 4.79 Å². The SMILES string of the molecule is CCOc1c(Br)cc(C(=O)NCCOc2ccccc2)cc1OC. The molecule has 0 aliphatic heterocycles. The van der Waals surface area contributed by atoms with Crippen molar-refractivity contribution in [3.8, 4) is 17.2 Å². The lowest BCUT2D eigenvalue weighted by atomic mass is 10.2. The lowest BCUT2D eigenvalue weighted by Crippen LogP contribution is -2.28. The Balaban J connectivity index is 1.93. The number of methoxy groups -OCH3 is 1. The Morgan fingerprint density at radius 2 is 1.92 bits per heavy atom. The first-order valence-corrected chi connectivity index (χ1v) is 8.41. The second-order valence-electron chi connectivity index (χ2n) is 4.84. The zero-order valence-corrected chi connectivity index (χ0v) is 15.3. The average Bonchev–Trinajstić information content (AvgIpc) is 2.61. The van der Waals surface area contributed by atoms with Gasteiger partial charge in [0.15, 0.2) is 11.5 Å². The molecule has 0 aliphatic rings. The second kappa shape index (κ2) is 9.17. The molecule has 0 atom stereocenters. The summed E-state index contributed by atoms with van der Waals surface area (Å²) in [6.07, 6.45) is 0. The Morgan fingerprint density at radius 1 is 1.17 bits per heavy atom. The van der Waals surface area contributed by atoms with Crippen molar-refractivity contribution in [2.45, 2.75) is 6.92 Å². The van der Waals surface area contributed by atoms with E-state index in [4.69, 9.17) is 14.2 Å². The molecule has 0 saturated heterocycles. The highest BCUT2D eigenvalue weighted by Gasteiger charge is 2.15. The summed E-state index contributed by atoms with van der Waals surface area (Å²) in [7, 11) is 1.54. The lowest BCUT2D eigenvalue weighted by Gasteiger charge is -2.13. The molecule has 5 nitrogen and oxygen atoms in total. The molecule has 0 saturated carbocycles. The van der Waals surface area contributed by atoms with E-state index in [1.54, 1.807) is 19.2 Å². The molecular weight excluding hydrogens is 374 g/mol. The van der Waals surface area contributed by atoms with Gasteiger partial charge >= 0.3 is 0 Å². The van der Waals surface area contributed by atoms with E-state index < -0.39 is 0 Å². The molecule has 2 aromatic carbocycles. The van der Waals surface area contributed by atoms with Gasteiger partial charge in [0.1, 0.15) is 12.4 Å². The molecule has 0 heterocycles. The molecule has 6 heteroatoms. The molecule has 24 heavy (non-hydrogen) atoms. The Labute approximate surface area is 150 Å². The van der Waals surface area contributed by atoms with E-state index >= 15 is 0 Å². The van der Waals surface area contributed by atoms with Crippen molar-refractivity contribution < 1.29 is 19.0 Å². The van der Waals surface area contributed by atoms with Gasteiger partial charge in [-0.2, -0.15) is 0 Å². The summed E-state index contributed by atoms with van der Waals surface area (Å²) in [4.78, 5) is 12.3. The third-order valence-electron chi connectivity index (χ3n) is 3.18. The minimum atomic E-state index is -0.200. The van der Waals surface area contributed by atoms with Gasteiger partial charge < -0.3 is 19.5 Å². The van der Waals surface area contributed by atoms with E-state index in [2.05, 4.69) is 21.2 Å². The Kier molecular flexibility index (Phi) is 6.93. The van der Waals surface area contributed by atoms with Crippen LogP contribution in [0.4, 0.5) is 0 Å². The topological polar surface area (TPSA) is 56.8 Å². The van der Waals surface area contributed by atoms with Crippen LogP contribution in [0.15, 0.2) is 46.9 Å². The van der Waals surface area contributed by atoms with Gasteiger partial charge in [0, 0.05) is 5.56 Å². The number of rotatable bonds is 8. The van der Waals surface area contributed by atoms with Gasteiger partial charge in [-0.3, -0.25) is 4.79 Å². The van der Waals surface area contributed by atoms with Crippen molar-refractivity contribution in [2.24, 2.45) is 0 Å². The minimum Gasteiger partial charge on any atom is -0.493 e. The fourth-order valence-corrected chi connectivity index (χ4v) is 2.64. The van der Waals surface area contributed by atoms with Crippen LogP contribution in [0.1, 0.15) is 17.3 Å². The van der Waals surface area contributed by atoms with Crippen LogP contribution < -0.4 is 19.5 Å². The molecule has 0 spiro atoms. The highest BCUT2D eigenvalue weighted by atomic mass is 79.9. The van der Waals surface area contributed by atoms with Crippen molar-refractivity contribution >= 4 is 21.8 Å². The number of para-hydroxylation sites is 1. The molecule has 0 aromatic heterocycles. The van der Waals surface area contributed by atoms with Crippen LogP contribution in [0.5, 0.6) is 17.2 Å². The zero-order valence-electron chi connectivity index (χ0n) is 13.7. The van der Waals surface area contributed by atoms with E-state index in [1.165, 1.54) is 0 Å². The summed E-state index contributed by atoms with van der Waals surface area (Å²) in [6.45, 7) is 3.20. The fourth-order valence-electron chi connectivity index (χ4n) is 2.09. The summed E-state index contributed by atoms with van der Waals surface area (Å²) in [5.74, 6) is 1.67. The predicted molar refractivity (Wildman–Crippen MR) is 96.1 cm³/mol. The summed E-state index contributed by atoms with van der Waals surface area (Å²) in [5.41, 5.74) is 0.488. The maximum atomic E-state index is 12.3. The number of hydrogen-bond donors (Lipinski definition) is 1. The van der Waals surface area contributed by atoms with Gasteiger partial charge in [0.2, 0.25) is 0 Å². The van der Waals surface area contributed by atoms with E-state index in [0.29, 0.717) is 41.3 Å². The molecular formula is C18H20BrNO4. The van der Waals surface area contributed by atoms with E-state index in [1.807, 2.05) is 37.3 Å². The van der Waals surface area contributed by atoms with Crippen LogP contribution in [-0.4, -0.2) is 32.8 Å². The Morgan fingerprint density at radius 3 is 2.58 bits per heavy atom. The second-order valence-corrected chi connectivity index (χ2v) is 5.69. The summed E-state index contributed by atoms with van der Waals surface area (Å²) < 4.78 is 17.0. The van der Waals surface area contributed by atoms with Crippen molar-refractivity contribution in [1.82, 2.24) is 5.32 Å². The standard InChI is InChI=1S/C18H20BrNO4/c1-3-23-17-15(19)11-13(12-16(17)22-2)18(21)20-9-10-24-14-7-5-4-6-8-14/h4-8,11-12H,3,9-10H2,1-2H3,(H,20,21). The number of carbonyl (C=O) groups is 1. The third kappa shape index (κ3) is 4.89. The maximum Gasteiger partial charge on any atom is 0.251 e. The van der Waals surface area contributed by atoms with Crippen LogP contribution in [0.2, 0.25) is 0 Å². The normalized spacial score (nSPS) is 10.1. The Hall–Kier alpha value is -2.21. The highest BCUT2D eigenvalue weighted by Crippen LogP contribution is 2.36. The summed E-state index contributed by atoms with van der Waals surface area (Å²) in [5, 5.41) is 2.82. The predicted octanol–water partition coefficient (Wildman–Crippen LogP) is 3.67. The number of nitrogens with one attached hydrogen (secondary N) is 1. The largest absolute Gasteiger partial charge is 0.493 e. The van der Waals surface area contributed by atoms with Crippen LogP contribution in [-0.2, 0) is 0 Å². The molecule has 0 radical (unpaired) electrons. The number of carbonyl (C=O) groups excluding carboxylic acids is 1. The number of hydrogen-bond acceptors (Lipinski definition) is 4. The van der Waals surface area contributed by atoms with Crippen LogP contribution in [0.3, 0.4) is 0 Å². The van der Waals surface area contributed by atoms with Crippen molar-refractivity contribution in [3.63, 3.8) is 0 Å². The molecule has 2 aromatic rings. The first-order chi connectivity index (χ1) is 11.7. The first kappa shape index (κ1) is 18.1. The molecule has 2 rings (SSSR count). The molecule has 0 bridgehead atoms. The molecule has 0 aliphatic carbocycles. The molecule has 0 unspecified atom stereocenters. The van der Waals surface area contributed by atoms with Crippen LogP contribution in [0, 0.1) is 0 Å². The molecule has 1 amide bonds. The average molecular weight is 394 g/mol. The number of ether oxygens (including phenoxy) is 3. The van der Waals surface area contributed by atoms with Crippen LogP contribution in [0.25, 0.3) is 0 Å². The minimum absolute atomic E-state index is 0.200. The summed E-state index contributed by atoms with van der Waals surface area (Å²) >= 11 is 3.41. The van der Waals surface area contributed by atoms with Gasteiger partial charge in [0.25, 0.3) is 5.91 Å². The lowest BCUT2D eigenvalue weighted by molar-refractivity contribution is 0.0946. The number of benzene rings is 2. The maximum absolute atomic E-state index is 12.3. The smallest absolute Gasteiger partial charge is 0.251 e. The molecule has 1 N–H and O–H groups in total. The van der Waals surface area contributed by atoms with Crippen molar-refractivity contribution in [3.05, 3.63) is 52.5 Å². The van der Waals surface area contributed by atoms with Crippen LogP contribution >= 0.6 is 15.9 Å². The molecule has 128 valence electrons. The van der Waals surface area contributed by atoms with Crippen molar-refractivity contribution in [1.29, 1.82) is 0 Å². The van der Waals surface area contributed by atoms with Gasteiger partial charge in [-0.1, -0.05) is 18.2 Å². The van der Waals surface area contributed by atoms with E-state index in [-0.39, 0.29) is 5.91 Å². The van der Waals surface area contributed by atoms with Gasteiger partial charge in [-0.05, 0) is 47.1 Å². The quantitative estimate of drug-likeness (QED) is 0.695. The van der Waals surface area contributed by atoms with Gasteiger partial charge in [-0.25, -0.2) is 0 Å². The van der Waals surface area contributed by atoms with Gasteiger partial charge in [-0.15, -0.1) is 0 Å². The van der Waals surface area contributed by atoms with E-state index in [0.717, 1.165) is 5.75 Å². The Bertz CT molecular complexity index is 676. The van der Waals surface area contributed by atoms with Gasteiger partial charge in [0.05, 0.1) is 24.7 Å². The highest BCUT2D eigenvalue weighted by molar-refractivity contribution is 9.10. The summed E-state index contributed by atoms with van der Waals surface area (Å²) in [6, 6.07) is 12.8. The van der Waals surface area contributed by atoms with Crippen molar-refractivity contribution in [2.75, 3.05) is 26.9 Å². The fraction of sp³-hybridized carbons (Fsp3) is 0.278. The number of amides is 1. The zero-order chi connectivity index (χ0) is 17.4. The molecule has 0 fully saturated rings.